The van der Waals surface area contributed by atoms with Crippen LogP contribution < -0.4 is 4.74 Å². The van der Waals surface area contributed by atoms with Gasteiger partial charge in [0.2, 0.25) is 0 Å². The Bertz CT molecular complexity index is 379. The molecule has 1 aromatic rings. The minimum atomic E-state index is -0.386. The summed E-state index contributed by atoms with van der Waals surface area (Å²) in [6, 6.07) is 5.87. The maximum absolute atomic E-state index is 10.5. The van der Waals surface area contributed by atoms with Gasteiger partial charge in [0.25, 0.3) is 0 Å². The van der Waals surface area contributed by atoms with Gasteiger partial charge < -0.3 is 9.84 Å². The Labute approximate surface area is 125 Å². The molecule has 0 radical (unpaired) electrons. The maximum Gasteiger partial charge on any atom is 0.133 e. The molecule has 0 amide bonds. The van der Waals surface area contributed by atoms with Gasteiger partial charge in [-0.25, -0.2) is 0 Å². The lowest BCUT2D eigenvalue weighted by Crippen LogP contribution is -2.12. The van der Waals surface area contributed by atoms with Crippen LogP contribution >= 0.6 is 15.9 Å². The summed E-state index contributed by atoms with van der Waals surface area (Å²) in [5.41, 5.74) is 0.971. The predicted octanol–water partition coefficient (Wildman–Crippen LogP) is 5.10. The minimum Gasteiger partial charge on any atom is -0.493 e. The van der Waals surface area contributed by atoms with E-state index in [-0.39, 0.29) is 6.10 Å². The number of aliphatic hydroxyl groups excluding tert-OH is 1. The maximum atomic E-state index is 10.5. The summed E-state index contributed by atoms with van der Waals surface area (Å²) < 4.78 is 6.41. The molecule has 3 heteroatoms. The Morgan fingerprint density at radius 3 is 2.53 bits per heavy atom. The van der Waals surface area contributed by atoms with Gasteiger partial charge >= 0.3 is 0 Å². The van der Waals surface area contributed by atoms with Crippen LogP contribution in [0.1, 0.15) is 58.1 Å². The van der Waals surface area contributed by atoms with Gasteiger partial charge in [0.15, 0.2) is 0 Å². The van der Waals surface area contributed by atoms with E-state index in [1.807, 2.05) is 25.1 Å². The fourth-order valence-corrected chi connectivity index (χ4v) is 2.81. The van der Waals surface area contributed by atoms with E-state index in [1.165, 1.54) is 12.8 Å². The summed E-state index contributed by atoms with van der Waals surface area (Å²) in [5.74, 6) is 1.17. The molecule has 19 heavy (non-hydrogen) atoms. The molecule has 2 atom stereocenters. The average Bonchev–Trinajstić information content (AvgIpc) is 2.42. The first-order valence-corrected chi connectivity index (χ1v) is 8.03. The van der Waals surface area contributed by atoms with Crippen LogP contribution in [0.4, 0.5) is 0 Å². The molecule has 1 aromatic carbocycles. The second-order valence-corrected chi connectivity index (χ2v) is 5.73. The van der Waals surface area contributed by atoms with Gasteiger partial charge in [-0.05, 0) is 52.9 Å². The van der Waals surface area contributed by atoms with E-state index in [0.29, 0.717) is 12.5 Å². The molecule has 0 aliphatic heterocycles. The number of hydrogen-bond donors (Lipinski definition) is 1. The number of benzene rings is 1. The molecule has 0 saturated carbocycles. The van der Waals surface area contributed by atoms with Crippen molar-refractivity contribution in [3.63, 3.8) is 0 Å². The summed E-state index contributed by atoms with van der Waals surface area (Å²) in [4.78, 5) is 0. The molecule has 0 aromatic heterocycles. The van der Waals surface area contributed by atoms with Crippen molar-refractivity contribution < 1.29 is 9.84 Å². The summed E-state index contributed by atoms with van der Waals surface area (Å²) in [5, 5.41) is 10.5. The van der Waals surface area contributed by atoms with E-state index in [0.717, 1.165) is 28.6 Å². The van der Waals surface area contributed by atoms with Crippen LogP contribution in [0.25, 0.3) is 0 Å². The van der Waals surface area contributed by atoms with Crippen LogP contribution in [-0.2, 0) is 0 Å². The highest BCUT2D eigenvalue weighted by Crippen LogP contribution is 2.33. The Hall–Kier alpha value is -0.540. The number of aliphatic hydroxyl groups is 1. The Morgan fingerprint density at radius 2 is 2.00 bits per heavy atom. The molecule has 2 nitrogen and oxygen atoms in total. The second-order valence-electron chi connectivity index (χ2n) is 4.88. The highest BCUT2D eigenvalue weighted by Gasteiger charge is 2.19. The molecule has 0 heterocycles. The Kier molecular flexibility index (Phi) is 7.47. The van der Waals surface area contributed by atoms with Gasteiger partial charge in [0.1, 0.15) is 5.75 Å². The first-order chi connectivity index (χ1) is 9.13. The van der Waals surface area contributed by atoms with E-state index < -0.39 is 0 Å². The van der Waals surface area contributed by atoms with Gasteiger partial charge in [-0.1, -0.05) is 39.2 Å². The average molecular weight is 329 g/mol. The highest BCUT2D eigenvalue weighted by atomic mass is 79.9. The molecule has 0 aliphatic rings. The molecule has 0 bridgehead atoms. The van der Waals surface area contributed by atoms with Gasteiger partial charge in [0, 0.05) is 0 Å². The normalized spacial score (nSPS) is 14.2. The van der Waals surface area contributed by atoms with E-state index in [4.69, 9.17) is 4.74 Å². The topological polar surface area (TPSA) is 29.5 Å². The SMILES string of the molecule is CCCCC(CC)C(O)c1ccc(OCC)c(Br)c1. The molecule has 0 spiro atoms. The number of hydrogen-bond acceptors (Lipinski definition) is 2. The monoisotopic (exact) mass is 328 g/mol. The smallest absolute Gasteiger partial charge is 0.133 e. The van der Waals surface area contributed by atoms with Gasteiger partial charge in [-0.3, -0.25) is 0 Å². The first kappa shape index (κ1) is 16.5. The van der Waals surface area contributed by atoms with Crippen LogP contribution in [0.5, 0.6) is 5.75 Å². The van der Waals surface area contributed by atoms with Crippen molar-refractivity contribution in [3.8, 4) is 5.75 Å². The molecule has 0 saturated heterocycles. The van der Waals surface area contributed by atoms with Crippen LogP contribution in [0.15, 0.2) is 22.7 Å². The fraction of sp³-hybridized carbons (Fsp3) is 0.625. The van der Waals surface area contributed by atoms with Crippen molar-refractivity contribution in [1.29, 1.82) is 0 Å². The zero-order chi connectivity index (χ0) is 14.3. The van der Waals surface area contributed by atoms with E-state index >= 15 is 0 Å². The molecule has 0 fully saturated rings. The Balaban J connectivity index is 2.80. The quantitative estimate of drug-likeness (QED) is 0.719. The summed E-state index contributed by atoms with van der Waals surface area (Å²) in [6.45, 7) is 6.95. The first-order valence-electron chi connectivity index (χ1n) is 7.24. The molecule has 1 N–H and O–H groups in total. The van der Waals surface area contributed by atoms with Crippen LogP contribution in [0.3, 0.4) is 0 Å². The standard InChI is InChI=1S/C16H25BrO2/c1-4-7-8-12(5-2)16(18)13-9-10-15(19-6-3)14(17)11-13/h9-12,16,18H,4-8H2,1-3H3. The van der Waals surface area contributed by atoms with Gasteiger partial charge in [-0.2, -0.15) is 0 Å². The van der Waals surface area contributed by atoms with Crippen molar-refractivity contribution in [2.24, 2.45) is 5.92 Å². The van der Waals surface area contributed by atoms with E-state index in [2.05, 4.69) is 29.8 Å². The lowest BCUT2D eigenvalue weighted by atomic mass is 9.89. The molecule has 2 unspecified atom stereocenters. The Morgan fingerprint density at radius 1 is 1.26 bits per heavy atom. The fourth-order valence-electron chi connectivity index (χ4n) is 2.30. The summed E-state index contributed by atoms with van der Waals surface area (Å²) in [6.07, 6.45) is 4.05. The van der Waals surface area contributed by atoms with Crippen molar-refractivity contribution >= 4 is 15.9 Å². The summed E-state index contributed by atoms with van der Waals surface area (Å²) >= 11 is 3.50. The lowest BCUT2D eigenvalue weighted by molar-refractivity contribution is 0.0988. The van der Waals surface area contributed by atoms with Gasteiger partial charge in [0.05, 0.1) is 17.2 Å². The third kappa shape index (κ3) is 4.81. The number of unbranched alkanes of at least 4 members (excludes halogenated alkanes) is 1. The number of rotatable bonds is 8. The minimum absolute atomic E-state index is 0.338. The second kappa shape index (κ2) is 8.60. The zero-order valence-electron chi connectivity index (χ0n) is 12.2. The molecular weight excluding hydrogens is 304 g/mol. The largest absolute Gasteiger partial charge is 0.493 e. The van der Waals surface area contributed by atoms with Crippen molar-refractivity contribution in [2.45, 2.75) is 52.6 Å². The van der Waals surface area contributed by atoms with Gasteiger partial charge in [-0.15, -0.1) is 0 Å². The third-order valence-electron chi connectivity index (χ3n) is 3.50. The molecular formula is C16H25BrO2. The van der Waals surface area contributed by atoms with Crippen molar-refractivity contribution in [1.82, 2.24) is 0 Å². The molecule has 1 rings (SSSR count). The molecule has 0 aliphatic carbocycles. The number of ether oxygens (including phenoxy) is 1. The zero-order valence-corrected chi connectivity index (χ0v) is 13.7. The highest BCUT2D eigenvalue weighted by molar-refractivity contribution is 9.10. The molecule has 108 valence electrons. The number of halogens is 1. The van der Waals surface area contributed by atoms with Crippen molar-refractivity contribution in [3.05, 3.63) is 28.2 Å². The van der Waals surface area contributed by atoms with E-state index in [1.54, 1.807) is 0 Å². The summed E-state index contributed by atoms with van der Waals surface area (Å²) in [7, 11) is 0. The lowest BCUT2D eigenvalue weighted by Gasteiger charge is -2.22. The van der Waals surface area contributed by atoms with Crippen LogP contribution in [0.2, 0.25) is 0 Å². The van der Waals surface area contributed by atoms with E-state index in [9.17, 15) is 5.11 Å². The third-order valence-corrected chi connectivity index (χ3v) is 4.12. The van der Waals surface area contributed by atoms with Crippen LogP contribution in [0, 0.1) is 5.92 Å². The van der Waals surface area contributed by atoms with Crippen molar-refractivity contribution in [2.75, 3.05) is 6.61 Å². The van der Waals surface area contributed by atoms with Crippen LogP contribution in [-0.4, -0.2) is 11.7 Å². The predicted molar refractivity (Wildman–Crippen MR) is 83.6 cm³/mol.